The van der Waals surface area contributed by atoms with Gasteiger partial charge < -0.3 is 15.5 Å². The third-order valence-corrected chi connectivity index (χ3v) is 3.50. The van der Waals surface area contributed by atoms with Crippen molar-refractivity contribution >= 4 is 11.6 Å². The van der Waals surface area contributed by atoms with Crippen molar-refractivity contribution in [2.45, 2.75) is 38.6 Å². The lowest BCUT2D eigenvalue weighted by molar-refractivity contribution is 0.371. The Hall–Kier alpha value is -1.36. The summed E-state index contributed by atoms with van der Waals surface area (Å²) >= 11 is 0. The number of nitrogen functional groups attached to an aromatic ring is 1. The highest BCUT2D eigenvalue weighted by atomic mass is 15.3. The van der Waals surface area contributed by atoms with Crippen molar-refractivity contribution in [3.8, 4) is 0 Å². The topological polar surface area (TPSA) is 58.3 Å². The van der Waals surface area contributed by atoms with E-state index in [1.807, 2.05) is 6.07 Å². The van der Waals surface area contributed by atoms with Crippen molar-refractivity contribution in [2.75, 3.05) is 37.8 Å². The van der Waals surface area contributed by atoms with Crippen LogP contribution in [-0.2, 0) is 6.42 Å². The Kier molecular flexibility index (Phi) is 4.58. The van der Waals surface area contributed by atoms with E-state index < -0.39 is 0 Å². The molecule has 1 aliphatic heterocycles. The molecule has 0 spiro atoms. The largest absolute Gasteiger partial charge is 0.384 e. The number of hydrogen-bond acceptors (Lipinski definition) is 5. The van der Waals surface area contributed by atoms with Gasteiger partial charge in [0.2, 0.25) is 0 Å². The fourth-order valence-corrected chi connectivity index (χ4v) is 2.73. The van der Waals surface area contributed by atoms with E-state index in [0.717, 1.165) is 37.6 Å². The minimum atomic E-state index is 0.541. The zero-order chi connectivity index (χ0) is 13.8. The number of hydrogen-bond donors (Lipinski definition) is 1. The maximum Gasteiger partial charge on any atom is 0.134 e. The van der Waals surface area contributed by atoms with E-state index in [1.54, 1.807) is 0 Å². The normalized spacial score (nSPS) is 19.4. The highest BCUT2D eigenvalue weighted by Crippen LogP contribution is 2.25. The number of rotatable bonds is 5. The first kappa shape index (κ1) is 14.1. The van der Waals surface area contributed by atoms with Crippen LogP contribution in [0.25, 0.3) is 0 Å². The average molecular weight is 263 g/mol. The second-order valence-electron chi connectivity index (χ2n) is 5.57. The van der Waals surface area contributed by atoms with Crippen LogP contribution in [0.2, 0.25) is 0 Å². The SMILES string of the molecule is CCCc1nc(N)cc(N2CCCC2CN(C)C)n1. The second-order valence-corrected chi connectivity index (χ2v) is 5.57. The van der Waals surface area contributed by atoms with Crippen molar-refractivity contribution in [2.24, 2.45) is 0 Å². The molecule has 0 aromatic carbocycles. The summed E-state index contributed by atoms with van der Waals surface area (Å²) in [5, 5.41) is 0. The Morgan fingerprint density at radius 2 is 2.21 bits per heavy atom. The molecule has 2 rings (SSSR count). The molecule has 1 aromatic heterocycles. The van der Waals surface area contributed by atoms with E-state index in [-0.39, 0.29) is 0 Å². The molecule has 106 valence electrons. The smallest absolute Gasteiger partial charge is 0.134 e. The van der Waals surface area contributed by atoms with Crippen LogP contribution >= 0.6 is 0 Å². The van der Waals surface area contributed by atoms with Gasteiger partial charge in [0, 0.05) is 31.6 Å². The molecule has 0 radical (unpaired) electrons. The summed E-state index contributed by atoms with van der Waals surface area (Å²) in [6, 6.07) is 2.45. The Balaban J connectivity index is 2.19. The van der Waals surface area contributed by atoms with Gasteiger partial charge in [-0.15, -0.1) is 0 Å². The van der Waals surface area contributed by atoms with E-state index in [2.05, 4.69) is 40.8 Å². The molecule has 19 heavy (non-hydrogen) atoms. The van der Waals surface area contributed by atoms with Gasteiger partial charge in [0.05, 0.1) is 0 Å². The third-order valence-electron chi connectivity index (χ3n) is 3.50. The molecule has 5 nitrogen and oxygen atoms in total. The van der Waals surface area contributed by atoms with Gasteiger partial charge in [-0.2, -0.15) is 0 Å². The van der Waals surface area contributed by atoms with Crippen LogP contribution in [0.15, 0.2) is 6.07 Å². The van der Waals surface area contributed by atoms with Crippen molar-refractivity contribution in [3.63, 3.8) is 0 Å². The van der Waals surface area contributed by atoms with Crippen LogP contribution in [0, 0.1) is 0 Å². The van der Waals surface area contributed by atoms with Gasteiger partial charge >= 0.3 is 0 Å². The van der Waals surface area contributed by atoms with Gasteiger partial charge in [0.25, 0.3) is 0 Å². The van der Waals surface area contributed by atoms with Gasteiger partial charge in [-0.05, 0) is 33.4 Å². The van der Waals surface area contributed by atoms with Crippen LogP contribution in [-0.4, -0.2) is 48.1 Å². The molecule has 1 aliphatic rings. The van der Waals surface area contributed by atoms with Gasteiger partial charge in [-0.3, -0.25) is 0 Å². The molecule has 0 amide bonds. The second kappa shape index (κ2) is 6.19. The van der Waals surface area contributed by atoms with Crippen LogP contribution in [0.5, 0.6) is 0 Å². The highest BCUT2D eigenvalue weighted by molar-refractivity contribution is 5.48. The van der Waals surface area contributed by atoms with E-state index in [1.165, 1.54) is 12.8 Å². The number of aromatic nitrogens is 2. The van der Waals surface area contributed by atoms with Crippen LogP contribution in [0.1, 0.15) is 32.0 Å². The van der Waals surface area contributed by atoms with E-state index >= 15 is 0 Å². The molecule has 1 saturated heterocycles. The molecule has 1 unspecified atom stereocenters. The molecular formula is C14H25N5. The summed E-state index contributed by atoms with van der Waals surface area (Å²) < 4.78 is 0. The number of nitrogens with two attached hydrogens (primary N) is 1. The van der Waals surface area contributed by atoms with Crippen LogP contribution in [0.3, 0.4) is 0 Å². The summed E-state index contributed by atoms with van der Waals surface area (Å²) in [6.07, 6.45) is 4.39. The summed E-state index contributed by atoms with van der Waals surface area (Å²) in [7, 11) is 4.24. The maximum atomic E-state index is 5.92. The Morgan fingerprint density at radius 1 is 1.42 bits per heavy atom. The zero-order valence-corrected chi connectivity index (χ0v) is 12.3. The van der Waals surface area contributed by atoms with Crippen molar-refractivity contribution < 1.29 is 0 Å². The molecule has 5 heteroatoms. The molecular weight excluding hydrogens is 238 g/mol. The van der Waals surface area contributed by atoms with Gasteiger partial charge in [-0.1, -0.05) is 6.92 Å². The lowest BCUT2D eigenvalue weighted by Gasteiger charge is -2.28. The Labute approximate surface area is 115 Å². The lowest BCUT2D eigenvalue weighted by Crippen LogP contribution is -2.38. The fourth-order valence-electron chi connectivity index (χ4n) is 2.73. The number of anilines is 2. The quantitative estimate of drug-likeness (QED) is 0.873. The molecule has 0 aliphatic carbocycles. The standard InChI is InChI=1S/C14H25N5/c1-4-6-13-16-12(15)9-14(17-13)19-8-5-7-11(19)10-18(2)3/h9,11H,4-8,10H2,1-3H3,(H2,15,16,17). The highest BCUT2D eigenvalue weighted by Gasteiger charge is 2.26. The van der Waals surface area contributed by atoms with Crippen molar-refractivity contribution in [1.82, 2.24) is 14.9 Å². The summed E-state index contributed by atoms with van der Waals surface area (Å²) in [5.74, 6) is 2.46. The lowest BCUT2D eigenvalue weighted by atomic mass is 10.2. The summed E-state index contributed by atoms with van der Waals surface area (Å²) in [4.78, 5) is 13.6. The van der Waals surface area contributed by atoms with E-state index in [9.17, 15) is 0 Å². The maximum absolute atomic E-state index is 5.92. The fraction of sp³-hybridized carbons (Fsp3) is 0.714. The van der Waals surface area contributed by atoms with Gasteiger partial charge in [0.15, 0.2) is 0 Å². The molecule has 1 fully saturated rings. The Morgan fingerprint density at radius 3 is 2.89 bits per heavy atom. The van der Waals surface area contributed by atoms with Gasteiger partial charge in [0.1, 0.15) is 17.5 Å². The first-order valence-corrected chi connectivity index (χ1v) is 7.15. The van der Waals surface area contributed by atoms with Gasteiger partial charge in [-0.25, -0.2) is 9.97 Å². The monoisotopic (exact) mass is 263 g/mol. The van der Waals surface area contributed by atoms with Crippen LogP contribution in [0.4, 0.5) is 11.6 Å². The van der Waals surface area contributed by atoms with Crippen molar-refractivity contribution in [1.29, 1.82) is 0 Å². The molecule has 1 atom stereocenters. The van der Waals surface area contributed by atoms with Crippen LogP contribution < -0.4 is 10.6 Å². The Bertz CT molecular complexity index is 418. The number of likely N-dealkylation sites (N-methyl/N-ethyl adjacent to an activating group) is 1. The minimum absolute atomic E-state index is 0.541. The minimum Gasteiger partial charge on any atom is -0.384 e. The zero-order valence-electron chi connectivity index (χ0n) is 12.3. The predicted molar refractivity (Wildman–Crippen MR) is 79.4 cm³/mol. The molecule has 0 saturated carbocycles. The first-order valence-electron chi connectivity index (χ1n) is 7.15. The molecule has 2 heterocycles. The summed E-state index contributed by atoms with van der Waals surface area (Å²) in [6.45, 7) is 4.27. The predicted octanol–water partition coefficient (Wildman–Crippen LogP) is 1.54. The third kappa shape index (κ3) is 3.56. The average Bonchev–Trinajstić information content (AvgIpc) is 2.75. The summed E-state index contributed by atoms with van der Waals surface area (Å²) in [5.41, 5.74) is 5.92. The first-order chi connectivity index (χ1) is 9.10. The molecule has 0 bridgehead atoms. The number of aryl methyl sites for hydroxylation is 1. The van der Waals surface area contributed by atoms with E-state index in [0.29, 0.717) is 11.9 Å². The molecule has 1 aromatic rings. The number of nitrogens with zero attached hydrogens (tertiary/aromatic N) is 4. The van der Waals surface area contributed by atoms with Crippen molar-refractivity contribution in [3.05, 3.63) is 11.9 Å². The van der Waals surface area contributed by atoms with E-state index in [4.69, 9.17) is 5.73 Å². The molecule has 2 N–H and O–H groups in total.